The first kappa shape index (κ1) is 14.6. The van der Waals surface area contributed by atoms with Crippen molar-refractivity contribution in [3.05, 3.63) is 71.3 Å². The van der Waals surface area contributed by atoms with Crippen LogP contribution in [0.3, 0.4) is 0 Å². The molecule has 0 radical (unpaired) electrons. The van der Waals surface area contributed by atoms with Crippen LogP contribution in [0.15, 0.2) is 54.6 Å². The summed E-state index contributed by atoms with van der Waals surface area (Å²) in [6, 6.07) is 19.6. The van der Waals surface area contributed by atoms with E-state index in [2.05, 4.69) is 80.4 Å². The van der Waals surface area contributed by atoms with Gasteiger partial charge in [-0.1, -0.05) is 54.6 Å². The van der Waals surface area contributed by atoms with Crippen LogP contribution < -0.4 is 0 Å². The van der Waals surface area contributed by atoms with Gasteiger partial charge in [0.05, 0.1) is 12.1 Å². The lowest BCUT2D eigenvalue weighted by molar-refractivity contribution is -0.231. The number of benzene rings is 2. The number of fused-ring (bicyclic) bond motifs is 8. The van der Waals surface area contributed by atoms with Crippen LogP contribution in [0, 0.1) is 5.92 Å². The summed E-state index contributed by atoms with van der Waals surface area (Å²) in [6.07, 6.45) is 0.304. The van der Waals surface area contributed by atoms with Crippen LogP contribution >= 0.6 is 0 Å². The zero-order valence-corrected chi connectivity index (χ0v) is 14.3. The highest BCUT2D eigenvalue weighted by atomic mass is 16.7. The van der Waals surface area contributed by atoms with Crippen LogP contribution in [0.1, 0.15) is 55.7 Å². The SMILES string of the molecule is CC(C)(C)N1O[C@@H]2[C@@H]([C@@H]3O[C@H]2c2ccccc23)[C@@H]1c1ccccc1. The van der Waals surface area contributed by atoms with E-state index in [4.69, 9.17) is 9.57 Å². The summed E-state index contributed by atoms with van der Waals surface area (Å²) in [6.45, 7) is 6.67. The first-order valence-electron chi connectivity index (χ1n) is 8.81. The van der Waals surface area contributed by atoms with E-state index < -0.39 is 0 Å². The molecule has 3 aliphatic heterocycles. The lowest BCUT2D eigenvalue weighted by Crippen LogP contribution is -2.41. The van der Waals surface area contributed by atoms with Crippen LogP contribution in [0.5, 0.6) is 0 Å². The molecular formula is C21H23NO2. The van der Waals surface area contributed by atoms with Gasteiger partial charge in [-0.2, -0.15) is 5.06 Å². The van der Waals surface area contributed by atoms with Crippen LogP contribution in [-0.4, -0.2) is 16.7 Å². The fourth-order valence-electron chi connectivity index (χ4n) is 4.67. The Kier molecular flexibility index (Phi) is 3.00. The van der Waals surface area contributed by atoms with Gasteiger partial charge < -0.3 is 4.74 Å². The molecule has 0 saturated carbocycles. The van der Waals surface area contributed by atoms with Crippen LogP contribution in [0.25, 0.3) is 0 Å². The van der Waals surface area contributed by atoms with E-state index in [1.807, 2.05) is 0 Å². The second-order valence-electron chi connectivity index (χ2n) is 8.11. The molecule has 5 atom stereocenters. The third-order valence-corrected chi connectivity index (χ3v) is 5.58. The standard InChI is InChI=1S/C21H23NO2/c1-21(2,3)22-17(13-9-5-4-6-10-13)16-18-14-11-7-8-12-15(14)19(23-18)20(16)24-22/h4-12,16-20H,1-3H3/t16-,17+,18-,19+,20-/m1/s1. The lowest BCUT2D eigenvalue weighted by Gasteiger charge is -2.37. The van der Waals surface area contributed by atoms with Gasteiger partial charge in [-0.15, -0.1) is 0 Å². The molecule has 2 bridgehead atoms. The Labute approximate surface area is 143 Å². The van der Waals surface area contributed by atoms with Crippen molar-refractivity contribution < 1.29 is 9.57 Å². The highest BCUT2D eigenvalue weighted by Gasteiger charge is 2.62. The van der Waals surface area contributed by atoms with Crippen molar-refractivity contribution >= 4 is 0 Å². The van der Waals surface area contributed by atoms with E-state index in [1.165, 1.54) is 16.7 Å². The molecule has 5 rings (SSSR count). The summed E-state index contributed by atoms with van der Waals surface area (Å²) in [5.41, 5.74) is 3.92. The molecule has 0 aliphatic carbocycles. The Morgan fingerprint density at radius 2 is 1.46 bits per heavy atom. The van der Waals surface area contributed by atoms with E-state index in [0.29, 0.717) is 5.92 Å². The van der Waals surface area contributed by atoms with Gasteiger partial charge >= 0.3 is 0 Å². The van der Waals surface area contributed by atoms with E-state index in [9.17, 15) is 0 Å². The largest absolute Gasteiger partial charge is 0.362 e. The maximum atomic E-state index is 6.52. The van der Waals surface area contributed by atoms with Gasteiger partial charge in [-0.3, -0.25) is 4.84 Å². The fourth-order valence-corrected chi connectivity index (χ4v) is 4.67. The van der Waals surface area contributed by atoms with E-state index in [1.54, 1.807) is 0 Å². The number of hydrogen-bond acceptors (Lipinski definition) is 3. The molecule has 3 aliphatic rings. The second-order valence-corrected chi connectivity index (χ2v) is 8.11. The van der Waals surface area contributed by atoms with E-state index in [-0.39, 0.29) is 29.9 Å². The first-order valence-corrected chi connectivity index (χ1v) is 8.81. The Balaban J connectivity index is 1.62. The predicted octanol–water partition coefficient (Wildman–Crippen LogP) is 4.58. The van der Waals surface area contributed by atoms with E-state index >= 15 is 0 Å². The molecule has 0 spiro atoms. The highest BCUT2D eigenvalue weighted by molar-refractivity contribution is 5.41. The summed E-state index contributed by atoms with van der Waals surface area (Å²) in [5.74, 6) is 0.339. The van der Waals surface area contributed by atoms with Crippen molar-refractivity contribution in [3.8, 4) is 0 Å². The average molecular weight is 321 g/mol. The molecule has 2 aromatic rings. The van der Waals surface area contributed by atoms with E-state index in [0.717, 1.165) is 0 Å². The second kappa shape index (κ2) is 4.92. The number of rotatable bonds is 1. The van der Waals surface area contributed by atoms with Gasteiger partial charge in [0.25, 0.3) is 0 Å². The molecule has 3 heteroatoms. The van der Waals surface area contributed by atoms with Crippen LogP contribution in [0.2, 0.25) is 0 Å². The topological polar surface area (TPSA) is 21.7 Å². The summed E-state index contributed by atoms with van der Waals surface area (Å²) in [7, 11) is 0. The van der Waals surface area contributed by atoms with Gasteiger partial charge in [0.1, 0.15) is 12.2 Å². The van der Waals surface area contributed by atoms with Crippen LogP contribution in [-0.2, 0) is 9.57 Å². The minimum atomic E-state index is -0.0591. The van der Waals surface area contributed by atoms with Gasteiger partial charge in [-0.25, -0.2) is 0 Å². The summed E-state index contributed by atoms with van der Waals surface area (Å²) < 4.78 is 6.37. The third-order valence-electron chi connectivity index (χ3n) is 5.58. The maximum absolute atomic E-state index is 6.52. The van der Waals surface area contributed by atoms with Crippen molar-refractivity contribution in [1.29, 1.82) is 0 Å². The summed E-state index contributed by atoms with van der Waals surface area (Å²) in [5, 5.41) is 2.21. The molecule has 2 fully saturated rings. The zero-order chi connectivity index (χ0) is 16.5. The summed E-state index contributed by atoms with van der Waals surface area (Å²) >= 11 is 0. The number of nitrogens with zero attached hydrogens (tertiary/aromatic N) is 1. The van der Waals surface area contributed by atoms with Gasteiger partial charge in [0.2, 0.25) is 0 Å². The van der Waals surface area contributed by atoms with Crippen molar-refractivity contribution in [2.75, 3.05) is 0 Å². The molecule has 2 saturated heterocycles. The van der Waals surface area contributed by atoms with Gasteiger partial charge in [0.15, 0.2) is 0 Å². The quantitative estimate of drug-likeness (QED) is 0.767. The van der Waals surface area contributed by atoms with Crippen LogP contribution in [0.4, 0.5) is 0 Å². The molecule has 2 aromatic carbocycles. The van der Waals surface area contributed by atoms with Crippen molar-refractivity contribution in [3.63, 3.8) is 0 Å². The molecular weight excluding hydrogens is 298 g/mol. The lowest BCUT2D eigenvalue weighted by atomic mass is 9.76. The Hall–Kier alpha value is -1.68. The smallest absolute Gasteiger partial charge is 0.117 e. The van der Waals surface area contributed by atoms with Crippen molar-refractivity contribution in [2.45, 2.75) is 50.7 Å². The highest BCUT2D eigenvalue weighted by Crippen LogP contribution is 2.63. The minimum Gasteiger partial charge on any atom is -0.362 e. The molecule has 3 nitrogen and oxygen atoms in total. The zero-order valence-electron chi connectivity index (χ0n) is 14.3. The molecule has 0 N–H and O–H groups in total. The normalized spacial score (nSPS) is 34.4. The first-order chi connectivity index (χ1) is 11.6. The van der Waals surface area contributed by atoms with Gasteiger partial charge in [0, 0.05) is 11.5 Å². The monoisotopic (exact) mass is 321 g/mol. The molecule has 0 amide bonds. The number of hydroxylamine groups is 2. The summed E-state index contributed by atoms with van der Waals surface area (Å²) in [4.78, 5) is 6.52. The molecule has 0 aromatic heterocycles. The third kappa shape index (κ3) is 1.89. The molecule has 0 unspecified atom stereocenters. The minimum absolute atomic E-state index is 0.0591. The Morgan fingerprint density at radius 1 is 0.833 bits per heavy atom. The average Bonchev–Trinajstić information content (AvgIpc) is 3.23. The fraction of sp³-hybridized carbons (Fsp3) is 0.429. The Morgan fingerprint density at radius 3 is 2.12 bits per heavy atom. The number of hydrogen-bond donors (Lipinski definition) is 0. The van der Waals surface area contributed by atoms with Crippen molar-refractivity contribution in [1.82, 2.24) is 5.06 Å². The van der Waals surface area contributed by atoms with Crippen molar-refractivity contribution in [2.24, 2.45) is 5.92 Å². The van der Waals surface area contributed by atoms with Gasteiger partial charge in [-0.05, 0) is 37.5 Å². The molecule has 124 valence electrons. The maximum Gasteiger partial charge on any atom is 0.117 e. The predicted molar refractivity (Wildman–Crippen MR) is 92.1 cm³/mol. The Bertz CT molecular complexity index is 767. The molecule has 3 heterocycles. The number of ether oxygens (including phenoxy) is 1. The molecule has 24 heavy (non-hydrogen) atoms.